The standard InChI is InChI=1S/C24H34N6O/c1-16(2)15-29-18(4)19(17(3)27-29)11-12-23(31)26-22-14-20(24(5,6)7)28-30(22)21-10-8-9-13-25-21/h8-10,13-14,16H,11-12,15H2,1-7H3,(H,26,31). The number of anilines is 1. The molecule has 31 heavy (non-hydrogen) atoms. The molecule has 0 spiro atoms. The molecule has 3 heterocycles. The molecule has 0 bridgehead atoms. The van der Waals surface area contributed by atoms with Crippen molar-refractivity contribution < 1.29 is 4.79 Å². The van der Waals surface area contributed by atoms with E-state index in [2.05, 4.69) is 61.6 Å². The topological polar surface area (TPSA) is 77.6 Å². The van der Waals surface area contributed by atoms with Gasteiger partial charge in [0.25, 0.3) is 0 Å². The van der Waals surface area contributed by atoms with Crippen molar-refractivity contribution in [2.75, 3.05) is 5.32 Å². The van der Waals surface area contributed by atoms with Crippen LogP contribution in [0.5, 0.6) is 0 Å². The van der Waals surface area contributed by atoms with Gasteiger partial charge in [-0.1, -0.05) is 40.7 Å². The van der Waals surface area contributed by atoms with Gasteiger partial charge >= 0.3 is 0 Å². The Hall–Kier alpha value is -2.96. The Kier molecular flexibility index (Phi) is 6.62. The molecule has 0 fully saturated rings. The molecule has 3 rings (SSSR count). The van der Waals surface area contributed by atoms with E-state index in [1.54, 1.807) is 10.9 Å². The summed E-state index contributed by atoms with van der Waals surface area (Å²) in [4.78, 5) is 17.2. The maximum Gasteiger partial charge on any atom is 0.225 e. The number of rotatable bonds is 7. The zero-order valence-corrected chi connectivity index (χ0v) is 19.7. The number of hydrogen-bond acceptors (Lipinski definition) is 4. The molecule has 1 N–H and O–H groups in total. The van der Waals surface area contributed by atoms with E-state index in [4.69, 9.17) is 5.10 Å². The van der Waals surface area contributed by atoms with Gasteiger partial charge in [-0.25, -0.2) is 4.98 Å². The molecule has 7 nitrogen and oxygen atoms in total. The number of nitrogens with one attached hydrogen (secondary N) is 1. The largest absolute Gasteiger partial charge is 0.311 e. The van der Waals surface area contributed by atoms with Gasteiger partial charge in [-0.3, -0.25) is 9.48 Å². The first-order valence-electron chi connectivity index (χ1n) is 10.9. The molecule has 0 saturated heterocycles. The zero-order valence-electron chi connectivity index (χ0n) is 19.7. The van der Waals surface area contributed by atoms with Crippen molar-refractivity contribution in [1.82, 2.24) is 24.5 Å². The third kappa shape index (κ3) is 5.40. The van der Waals surface area contributed by atoms with Crippen molar-refractivity contribution in [3.05, 3.63) is 53.1 Å². The first-order valence-corrected chi connectivity index (χ1v) is 10.9. The van der Waals surface area contributed by atoms with Crippen LogP contribution in [0.15, 0.2) is 30.5 Å². The number of nitrogens with zero attached hydrogens (tertiary/aromatic N) is 5. The average molecular weight is 423 g/mol. The number of aryl methyl sites for hydroxylation is 1. The van der Waals surface area contributed by atoms with Gasteiger partial charge in [-0.15, -0.1) is 0 Å². The number of amides is 1. The molecule has 0 aliphatic carbocycles. The summed E-state index contributed by atoms with van der Waals surface area (Å²) in [6.45, 7) is 15.7. The Morgan fingerprint density at radius 3 is 2.52 bits per heavy atom. The van der Waals surface area contributed by atoms with Gasteiger partial charge in [0, 0.05) is 36.3 Å². The minimum atomic E-state index is -0.140. The SMILES string of the molecule is Cc1nn(CC(C)C)c(C)c1CCC(=O)Nc1cc(C(C)(C)C)nn1-c1ccccn1. The summed E-state index contributed by atoms with van der Waals surface area (Å²) < 4.78 is 3.76. The van der Waals surface area contributed by atoms with Gasteiger partial charge in [-0.2, -0.15) is 14.9 Å². The third-order valence-electron chi connectivity index (χ3n) is 5.28. The molecule has 0 atom stereocenters. The van der Waals surface area contributed by atoms with Crippen molar-refractivity contribution in [3.8, 4) is 5.82 Å². The van der Waals surface area contributed by atoms with Crippen LogP contribution in [-0.4, -0.2) is 30.5 Å². The molecule has 0 unspecified atom stereocenters. The summed E-state index contributed by atoms with van der Waals surface area (Å²) in [6, 6.07) is 7.58. The van der Waals surface area contributed by atoms with E-state index in [9.17, 15) is 4.79 Å². The van der Waals surface area contributed by atoms with E-state index in [0.29, 0.717) is 30.4 Å². The monoisotopic (exact) mass is 422 g/mol. The fraction of sp³-hybridized carbons (Fsp3) is 0.500. The number of pyridine rings is 1. The van der Waals surface area contributed by atoms with Gasteiger partial charge in [0.15, 0.2) is 5.82 Å². The lowest BCUT2D eigenvalue weighted by Crippen LogP contribution is -2.16. The summed E-state index contributed by atoms with van der Waals surface area (Å²) >= 11 is 0. The molecule has 1 amide bonds. The summed E-state index contributed by atoms with van der Waals surface area (Å²) in [5.41, 5.74) is 4.06. The number of aromatic nitrogens is 5. The highest BCUT2D eigenvalue weighted by Crippen LogP contribution is 2.26. The fourth-order valence-electron chi connectivity index (χ4n) is 3.55. The normalized spacial score (nSPS) is 11.9. The van der Waals surface area contributed by atoms with E-state index in [-0.39, 0.29) is 11.3 Å². The van der Waals surface area contributed by atoms with Crippen molar-refractivity contribution in [3.63, 3.8) is 0 Å². The minimum absolute atomic E-state index is 0.0482. The lowest BCUT2D eigenvalue weighted by molar-refractivity contribution is -0.116. The highest BCUT2D eigenvalue weighted by atomic mass is 16.1. The molecular weight excluding hydrogens is 388 g/mol. The van der Waals surface area contributed by atoms with Crippen LogP contribution in [0.2, 0.25) is 0 Å². The van der Waals surface area contributed by atoms with E-state index >= 15 is 0 Å². The minimum Gasteiger partial charge on any atom is -0.311 e. The Morgan fingerprint density at radius 2 is 1.90 bits per heavy atom. The van der Waals surface area contributed by atoms with Crippen LogP contribution in [0.25, 0.3) is 5.82 Å². The molecular formula is C24H34N6O. The molecule has 3 aromatic heterocycles. The second-order valence-corrected chi connectivity index (χ2v) is 9.54. The van der Waals surface area contributed by atoms with Crippen LogP contribution >= 0.6 is 0 Å². The van der Waals surface area contributed by atoms with E-state index in [1.807, 2.05) is 31.2 Å². The molecule has 7 heteroatoms. The zero-order chi connectivity index (χ0) is 22.8. The second kappa shape index (κ2) is 9.04. The van der Waals surface area contributed by atoms with Crippen LogP contribution in [0, 0.1) is 19.8 Å². The third-order valence-corrected chi connectivity index (χ3v) is 5.28. The molecule has 0 radical (unpaired) electrons. The lowest BCUT2D eigenvalue weighted by atomic mass is 9.92. The summed E-state index contributed by atoms with van der Waals surface area (Å²) in [7, 11) is 0. The summed E-state index contributed by atoms with van der Waals surface area (Å²) in [6.07, 6.45) is 2.76. The van der Waals surface area contributed by atoms with Crippen LogP contribution < -0.4 is 5.32 Å². The Labute approximate surface area is 184 Å². The highest BCUT2D eigenvalue weighted by Gasteiger charge is 2.22. The van der Waals surface area contributed by atoms with Crippen LogP contribution in [0.3, 0.4) is 0 Å². The molecule has 0 saturated carbocycles. The smallest absolute Gasteiger partial charge is 0.225 e. The van der Waals surface area contributed by atoms with Crippen LogP contribution in [0.4, 0.5) is 5.82 Å². The lowest BCUT2D eigenvalue weighted by Gasteiger charge is -2.13. The van der Waals surface area contributed by atoms with E-state index in [1.165, 1.54) is 0 Å². The number of hydrogen-bond donors (Lipinski definition) is 1. The molecule has 0 aliphatic rings. The average Bonchev–Trinajstić information content (AvgIpc) is 3.22. The van der Waals surface area contributed by atoms with Gasteiger partial charge in [0.05, 0.1) is 11.4 Å². The van der Waals surface area contributed by atoms with Crippen LogP contribution in [0.1, 0.15) is 63.7 Å². The Morgan fingerprint density at radius 1 is 1.16 bits per heavy atom. The van der Waals surface area contributed by atoms with Gasteiger partial charge in [0.1, 0.15) is 5.82 Å². The molecule has 3 aromatic rings. The number of carbonyl (C=O) groups is 1. The van der Waals surface area contributed by atoms with Gasteiger partial charge in [-0.05, 0) is 43.9 Å². The van der Waals surface area contributed by atoms with E-state index in [0.717, 1.165) is 29.2 Å². The van der Waals surface area contributed by atoms with Crippen molar-refractivity contribution in [2.45, 2.75) is 73.3 Å². The maximum absolute atomic E-state index is 12.8. The van der Waals surface area contributed by atoms with E-state index < -0.39 is 0 Å². The first-order chi connectivity index (χ1) is 14.6. The summed E-state index contributed by atoms with van der Waals surface area (Å²) in [5.74, 6) is 1.79. The molecule has 0 aliphatic heterocycles. The van der Waals surface area contributed by atoms with Crippen LogP contribution in [-0.2, 0) is 23.2 Å². The number of carbonyl (C=O) groups excluding carboxylic acids is 1. The first kappa shape index (κ1) is 22.7. The Balaban J connectivity index is 1.77. The Bertz CT molecular complexity index is 1040. The summed E-state index contributed by atoms with van der Waals surface area (Å²) in [5, 5.41) is 12.4. The highest BCUT2D eigenvalue weighted by molar-refractivity contribution is 5.90. The second-order valence-electron chi connectivity index (χ2n) is 9.54. The fourth-order valence-corrected chi connectivity index (χ4v) is 3.55. The quantitative estimate of drug-likeness (QED) is 0.603. The van der Waals surface area contributed by atoms with Gasteiger partial charge < -0.3 is 5.32 Å². The van der Waals surface area contributed by atoms with Crippen molar-refractivity contribution in [1.29, 1.82) is 0 Å². The van der Waals surface area contributed by atoms with Crippen molar-refractivity contribution in [2.24, 2.45) is 5.92 Å². The van der Waals surface area contributed by atoms with Crippen molar-refractivity contribution >= 4 is 11.7 Å². The van der Waals surface area contributed by atoms with Gasteiger partial charge in [0.2, 0.25) is 5.91 Å². The molecule has 0 aromatic carbocycles. The predicted octanol–water partition coefficient (Wildman–Crippen LogP) is 4.61. The maximum atomic E-state index is 12.8. The predicted molar refractivity (Wildman–Crippen MR) is 124 cm³/mol. The molecule has 166 valence electrons.